The first-order valence-electron chi connectivity index (χ1n) is 12.4. The lowest BCUT2D eigenvalue weighted by molar-refractivity contribution is 0.596. The van der Waals surface area contributed by atoms with E-state index >= 15 is 0 Å². The number of rotatable bonds is 10. The number of benzene rings is 4. The second kappa shape index (κ2) is 13.2. The summed E-state index contributed by atoms with van der Waals surface area (Å²) in [5.74, 6) is 0. The Hall–Kier alpha value is -4.75. The highest BCUT2D eigenvalue weighted by Gasteiger charge is 2.17. The molecule has 0 heterocycles. The molecule has 39 heavy (non-hydrogen) atoms. The number of hydrogen-bond donors (Lipinski definition) is 2. The zero-order valence-electron chi connectivity index (χ0n) is 21.8. The van der Waals surface area contributed by atoms with Crippen molar-refractivity contribution in [2.24, 2.45) is 10.2 Å². The summed E-state index contributed by atoms with van der Waals surface area (Å²) in [6.07, 6.45) is 7.49. The predicted octanol–water partition coefficient (Wildman–Crippen LogP) is 7.52. The first-order chi connectivity index (χ1) is 18.9. The number of hydrazone groups is 2. The number of nitrogens with zero attached hydrogens (tertiary/aromatic N) is 2. The molecule has 0 saturated heterocycles. The topological polar surface area (TPSA) is 82.9 Å². The molecule has 2 N–H and O–H groups in total. The molecular formula is C32H30N4O2S. The Labute approximate surface area is 230 Å². The van der Waals surface area contributed by atoms with Crippen LogP contribution in [0.2, 0.25) is 0 Å². The molecule has 4 rings (SSSR count). The monoisotopic (exact) mass is 534 g/mol. The van der Waals surface area contributed by atoms with Crippen molar-refractivity contribution < 1.29 is 8.42 Å². The van der Waals surface area contributed by atoms with Gasteiger partial charge in [0.15, 0.2) is 0 Å². The molecule has 7 heteroatoms. The van der Waals surface area contributed by atoms with Crippen molar-refractivity contribution in [3.63, 3.8) is 0 Å². The summed E-state index contributed by atoms with van der Waals surface area (Å²) in [5, 5.41) is 8.48. The molecule has 0 fully saturated rings. The third kappa shape index (κ3) is 8.12. The van der Waals surface area contributed by atoms with Gasteiger partial charge >= 0.3 is 0 Å². The Balaban J connectivity index is 1.34. The first kappa shape index (κ1) is 27.3. The van der Waals surface area contributed by atoms with Crippen molar-refractivity contribution in [1.29, 1.82) is 0 Å². The van der Waals surface area contributed by atoms with Crippen molar-refractivity contribution in [1.82, 2.24) is 0 Å². The summed E-state index contributed by atoms with van der Waals surface area (Å²) in [4.78, 5) is 0.412. The van der Waals surface area contributed by atoms with Crippen molar-refractivity contribution in [3.05, 3.63) is 131 Å². The normalized spacial score (nSPS) is 12.7. The molecular weight excluding hydrogens is 504 g/mol. The first-order valence-corrected chi connectivity index (χ1v) is 13.9. The number of hydrogen-bond acceptors (Lipinski definition) is 6. The molecule has 0 saturated carbocycles. The third-order valence-corrected chi connectivity index (χ3v) is 7.43. The van der Waals surface area contributed by atoms with Crippen molar-refractivity contribution in [3.8, 4) is 0 Å². The van der Waals surface area contributed by atoms with Gasteiger partial charge in [0.1, 0.15) is 0 Å². The van der Waals surface area contributed by atoms with Crippen LogP contribution >= 0.6 is 0 Å². The molecule has 0 spiro atoms. The quantitative estimate of drug-likeness (QED) is 0.163. The number of sulfone groups is 1. The molecule has 6 nitrogen and oxygen atoms in total. The molecule has 0 aliphatic heterocycles. The van der Waals surface area contributed by atoms with E-state index in [0.717, 1.165) is 22.3 Å². The van der Waals surface area contributed by atoms with Crippen LogP contribution < -0.4 is 10.9 Å². The van der Waals surface area contributed by atoms with E-state index in [9.17, 15) is 8.42 Å². The summed E-state index contributed by atoms with van der Waals surface area (Å²) in [6, 6.07) is 33.0. The summed E-state index contributed by atoms with van der Waals surface area (Å²) in [5.41, 5.74) is 11.4. The Morgan fingerprint density at radius 2 is 0.923 bits per heavy atom. The van der Waals surface area contributed by atoms with E-state index in [-0.39, 0.29) is 9.79 Å². The number of nitrogens with one attached hydrogen (secondary N) is 2. The summed E-state index contributed by atoms with van der Waals surface area (Å²) < 4.78 is 26.2. The van der Waals surface area contributed by atoms with E-state index in [1.165, 1.54) is 0 Å². The van der Waals surface area contributed by atoms with Gasteiger partial charge in [0.05, 0.1) is 33.6 Å². The zero-order valence-corrected chi connectivity index (χ0v) is 22.6. The van der Waals surface area contributed by atoms with Gasteiger partial charge in [-0.05, 0) is 84.7 Å². The molecule has 0 bridgehead atoms. The molecule has 0 atom stereocenters. The third-order valence-electron chi connectivity index (χ3n) is 5.64. The molecule has 0 unspecified atom stereocenters. The summed E-state index contributed by atoms with van der Waals surface area (Å²) >= 11 is 0. The predicted molar refractivity (Wildman–Crippen MR) is 163 cm³/mol. The van der Waals surface area contributed by atoms with Gasteiger partial charge in [-0.3, -0.25) is 10.9 Å². The molecule has 0 aromatic heterocycles. The summed E-state index contributed by atoms with van der Waals surface area (Å²) in [7, 11) is -3.66. The molecule has 0 radical (unpaired) electrons. The van der Waals surface area contributed by atoms with Crippen LogP contribution in [-0.2, 0) is 9.84 Å². The van der Waals surface area contributed by atoms with Crippen LogP contribution in [0.15, 0.2) is 140 Å². The maximum Gasteiger partial charge on any atom is 0.206 e. The van der Waals surface area contributed by atoms with Crippen molar-refractivity contribution in [2.45, 2.75) is 23.6 Å². The highest BCUT2D eigenvalue weighted by atomic mass is 32.2. The van der Waals surface area contributed by atoms with E-state index in [2.05, 4.69) is 21.1 Å². The highest BCUT2D eigenvalue weighted by Crippen LogP contribution is 2.24. The Morgan fingerprint density at radius 3 is 1.28 bits per heavy atom. The standard InChI is InChI=1S/C32H30N4O2S/c1-25(21-27-9-5-3-6-10-27)23-33-35-29-13-17-31(18-14-29)39(37,38)32-19-15-30(16-20-32)36-34-24-26(2)22-28-11-7-4-8-12-28/h3-24,35-36H,1-2H3/b25-21-,26-22?,33-23+,34-24+. The van der Waals surface area contributed by atoms with Gasteiger partial charge in [0.25, 0.3) is 0 Å². The zero-order chi connectivity index (χ0) is 27.5. The maximum atomic E-state index is 13.1. The van der Waals surface area contributed by atoms with E-state index in [0.29, 0.717) is 11.4 Å². The van der Waals surface area contributed by atoms with Crippen LogP contribution in [0.3, 0.4) is 0 Å². The minimum absolute atomic E-state index is 0.206. The van der Waals surface area contributed by atoms with Gasteiger partial charge in [-0.25, -0.2) is 8.42 Å². The largest absolute Gasteiger partial charge is 0.279 e. The molecule has 196 valence electrons. The van der Waals surface area contributed by atoms with Crippen molar-refractivity contribution in [2.75, 3.05) is 10.9 Å². The van der Waals surface area contributed by atoms with Gasteiger partial charge in [-0.1, -0.05) is 72.8 Å². The van der Waals surface area contributed by atoms with Gasteiger partial charge in [0.2, 0.25) is 9.84 Å². The highest BCUT2D eigenvalue weighted by molar-refractivity contribution is 7.91. The summed E-state index contributed by atoms with van der Waals surface area (Å²) in [6.45, 7) is 3.93. The minimum atomic E-state index is -3.66. The van der Waals surface area contributed by atoms with Gasteiger partial charge in [-0.2, -0.15) is 10.2 Å². The van der Waals surface area contributed by atoms with E-state index < -0.39 is 9.84 Å². The number of anilines is 2. The molecule has 0 aliphatic carbocycles. The maximum absolute atomic E-state index is 13.1. The fraction of sp³-hybridized carbons (Fsp3) is 0.0625. The fourth-order valence-electron chi connectivity index (χ4n) is 3.67. The van der Waals surface area contributed by atoms with E-state index in [1.54, 1.807) is 61.0 Å². The lowest BCUT2D eigenvalue weighted by Gasteiger charge is -2.07. The van der Waals surface area contributed by atoms with Crippen molar-refractivity contribution >= 4 is 45.8 Å². The van der Waals surface area contributed by atoms with E-state index in [1.807, 2.05) is 86.7 Å². The Morgan fingerprint density at radius 1 is 0.564 bits per heavy atom. The van der Waals surface area contributed by atoms with Crippen LogP contribution in [0, 0.1) is 0 Å². The van der Waals surface area contributed by atoms with Gasteiger partial charge in [0, 0.05) is 0 Å². The average Bonchev–Trinajstić information content (AvgIpc) is 2.95. The lowest BCUT2D eigenvalue weighted by Crippen LogP contribution is -2.02. The molecule has 0 aliphatic rings. The molecule has 4 aromatic rings. The molecule has 4 aromatic carbocycles. The second-order valence-electron chi connectivity index (χ2n) is 8.89. The smallest absolute Gasteiger partial charge is 0.206 e. The van der Waals surface area contributed by atoms with Crippen LogP contribution in [0.1, 0.15) is 25.0 Å². The van der Waals surface area contributed by atoms with E-state index in [4.69, 9.17) is 0 Å². The number of allylic oxidation sites excluding steroid dienone is 2. The van der Waals surface area contributed by atoms with Crippen LogP contribution in [-0.4, -0.2) is 20.8 Å². The van der Waals surface area contributed by atoms with Gasteiger partial charge < -0.3 is 0 Å². The lowest BCUT2D eigenvalue weighted by atomic mass is 10.1. The Kier molecular flexibility index (Phi) is 9.21. The van der Waals surface area contributed by atoms with Crippen LogP contribution in [0.25, 0.3) is 12.2 Å². The Bertz CT molecular complexity index is 1470. The minimum Gasteiger partial charge on any atom is -0.279 e. The molecule has 0 amide bonds. The average molecular weight is 535 g/mol. The van der Waals surface area contributed by atoms with Crippen LogP contribution in [0.5, 0.6) is 0 Å². The second-order valence-corrected chi connectivity index (χ2v) is 10.8. The SMILES string of the molecule is CC(=Cc1ccccc1)/C=N/Nc1ccc(S(=O)(=O)c2ccc(N/N=C/C(C)=C\c3ccccc3)cc2)cc1. The van der Waals surface area contributed by atoms with Gasteiger partial charge in [-0.15, -0.1) is 0 Å². The fourth-order valence-corrected chi connectivity index (χ4v) is 4.93. The van der Waals surface area contributed by atoms with Crippen LogP contribution in [0.4, 0.5) is 11.4 Å².